The van der Waals surface area contributed by atoms with Crippen LogP contribution in [0.3, 0.4) is 0 Å². The summed E-state index contributed by atoms with van der Waals surface area (Å²) in [7, 11) is 0. The molecular weight excluding hydrogens is 200 g/mol. The van der Waals surface area contributed by atoms with Crippen molar-refractivity contribution in [3.8, 4) is 0 Å². The molecule has 1 aliphatic rings. The molecule has 0 unspecified atom stereocenters. The van der Waals surface area contributed by atoms with Gasteiger partial charge in [0.1, 0.15) is 0 Å². The second-order valence-corrected chi connectivity index (χ2v) is 4.99. The molecule has 0 aromatic rings. The Hall–Kier alpha value is -0.790. The third-order valence-electron chi connectivity index (χ3n) is 3.55. The quantitative estimate of drug-likeness (QED) is 0.390. The van der Waals surface area contributed by atoms with E-state index in [-0.39, 0.29) is 5.97 Å². The maximum atomic E-state index is 10.8. The first kappa shape index (κ1) is 13.3. The maximum absolute atomic E-state index is 10.8. The third-order valence-corrected chi connectivity index (χ3v) is 3.55. The van der Waals surface area contributed by atoms with Crippen LogP contribution < -0.4 is 0 Å². The summed E-state index contributed by atoms with van der Waals surface area (Å²) in [6.45, 7) is 6.27. The van der Waals surface area contributed by atoms with Gasteiger partial charge in [-0.15, -0.1) is 0 Å². The minimum absolute atomic E-state index is 0.300. The summed E-state index contributed by atoms with van der Waals surface area (Å²) in [6, 6.07) is 0. The molecule has 0 amide bonds. The van der Waals surface area contributed by atoms with Gasteiger partial charge in [-0.2, -0.15) is 0 Å². The Morgan fingerprint density at radius 2 is 2.00 bits per heavy atom. The lowest BCUT2D eigenvalue weighted by molar-refractivity contribution is -0.137. The first-order valence-electron chi connectivity index (χ1n) is 6.51. The zero-order valence-corrected chi connectivity index (χ0v) is 10.4. The molecule has 2 nitrogen and oxygen atoms in total. The van der Waals surface area contributed by atoms with Crippen molar-refractivity contribution in [3.05, 3.63) is 12.7 Å². The Morgan fingerprint density at radius 3 is 2.62 bits per heavy atom. The SMILES string of the molecule is C=CC(=O)OCCCCC1CCC(C)CC1. The molecule has 0 aromatic heterocycles. The van der Waals surface area contributed by atoms with Gasteiger partial charge < -0.3 is 4.74 Å². The normalized spacial score (nSPS) is 25.1. The van der Waals surface area contributed by atoms with Crippen molar-refractivity contribution in [1.82, 2.24) is 0 Å². The molecule has 1 rings (SSSR count). The van der Waals surface area contributed by atoms with Gasteiger partial charge in [-0.3, -0.25) is 0 Å². The number of unbranched alkanes of at least 4 members (excludes halogenated alkanes) is 1. The van der Waals surface area contributed by atoms with Crippen LogP contribution in [0.25, 0.3) is 0 Å². The summed E-state index contributed by atoms with van der Waals surface area (Å²) >= 11 is 0. The fourth-order valence-electron chi connectivity index (χ4n) is 2.38. The summed E-state index contributed by atoms with van der Waals surface area (Å²) in [5.41, 5.74) is 0. The zero-order valence-electron chi connectivity index (χ0n) is 10.4. The van der Waals surface area contributed by atoms with E-state index in [1.54, 1.807) is 0 Å². The van der Waals surface area contributed by atoms with Crippen molar-refractivity contribution in [3.63, 3.8) is 0 Å². The van der Waals surface area contributed by atoms with Crippen LogP contribution in [-0.2, 0) is 9.53 Å². The van der Waals surface area contributed by atoms with Crippen LogP contribution in [-0.4, -0.2) is 12.6 Å². The van der Waals surface area contributed by atoms with Gasteiger partial charge in [0.25, 0.3) is 0 Å². The van der Waals surface area contributed by atoms with Crippen molar-refractivity contribution >= 4 is 5.97 Å². The maximum Gasteiger partial charge on any atom is 0.330 e. The zero-order chi connectivity index (χ0) is 11.8. The van der Waals surface area contributed by atoms with E-state index >= 15 is 0 Å². The predicted molar refractivity (Wildman–Crippen MR) is 66.1 cm³/mol. The molecule has 0 saturated heterocycles. The average Bonchev–Trinajstić information content (AvgIpc) is 2.31. The van der Waals surface area contributed by atoms with Gasteiger partial charge in [0, 0.05) is 6.08 Å². The average molecular weight is 224 g/mol. The predicted octanol–water partition coefficient (Wildman–Crippen LogP) is 3.71. The number of rotatable bonds is 6. The molecule has 0 aliphatic heterocycles. The summed E-state index contributed by atoms with van der Waals surface area (Å²) < 4.78 is 4.94. The van der Waals surface area contributed by atoms with E-state index in [9.17, 15) is 4.79 Å². The molecule has 2 heteroatoms. The summed E-state index contributed by atoms with van der Waals surface area (Å²) in [4.78, 5) is 10.8. The topological polar surface area (TPSA) is 26.3 Å². The van der Waals surface area contributed by atoms with Gasteiger partial charge in [0.05, 0.1) is 6.61 Å². The molecule has 0 heterocycles. The van der Waals surface area contributed by atoms with Crippen molar-refractivity contribution < 1.29 is 9.53 Å². The van der Waals surface area contributed by atoms with Gasteiger partial charge in [0.15, 0.2) is 0 Å². The van der Waals surface area contributed by atoms with Crippen molar-refractivity contribution in [2.45, 2.75) is 51.9 Å². The Bertz CT molecular complexity index is 215. The summed E-state index contributed by atoms with van der Waals surface area (Å²) in [5.74, 6) is 1.56. The van der Waals surface area contributed by atoms with Gasteiger partial charge in [-0.25, -0.2) is 4.79 Å². The molecule has 0 N–H and O–H groups in total. The molecular formula is C14H24O2. The van der Waals surface area contributed by atoms with Crippen LogP contribution in [0.15, 0.2) is 12.7 Å². The third kappa shape index (κ3) is 5.34. The van der Waals surface area contributed by atoms with Crippen molar-refractivity contribution in [2.24, 2.45) is 11.8 Å². The first-order chi connectivity index (χ1) is 7.72. The molecule has 0 radical (unpaired) electrons. The van der Waals surface area contributed by atoms with Gasteiger partial charge in [-0.1, -0.05) is 45.6 Å². The summed E-state index contributed by atoms with van der Waals surface area (Å²) in [5, 5.41) is 0. The van der Waals surface area contributed by atoms with E-state index < -0.39 is 0 Å². The lowest BCUT2D eigenvalue weighted by Gasteiger charge is -2.25. The number of carbonyl (C=O) groups excluding carboxylic acids is 1. The molecule has 1 saturated carbocycles. The van der Waals surface area contributed by atoms with Crippen LogP contribution in [0.4, 0.5) is 0 Å². The monoisotopic (exact) mass is 224 g/mol. The second kappa shape index (κ2) is 7.48. The van der Waals surface area contributed by atoms with Crippen molar-refractivity contribution in [2.75, 3.05) is 6.61 Å². The highest BCUT2D eigenvalue weighted by atomic mass is 16.5. The number of carbonyl (C=O) groups is 1. The van der Waals surface area contributed by atoms with Crippen LogP contribution in [0.5, 0.6) is 0 Å². The Kier molecular flexibility index (Phi) is 6.20. The number of ether oxygens (including phenoxy) is 1. The molecule has 1 aliphatic carbocycles. The number of hydrogen-bond donors (Lipinski definition) is 0. The Morgan fingerprint density at radius 1 is 1.31 bits per heavy atom. The highest BCUT2D eigenvalue weighted by Gasteiger charge is 2.17. The fraction of sp³-hybridized carbons (Fsp3) is 0.786. The summed E-state index contributed by atoms with van der Waals surface area (Å²) in [6.07, 6.45) is 10.3. The molecule has 0 spiro atoms. The minimum atomic E-state index is -0.300. The largest absolute Gasteiger partial charge is 0.463 e. The van der Waals surface area contributed by atoms with Crippen LogP contribution in [0, 0.1) is 11.8 Å². The minimum Gasteiger partial charge on any atom is -0.463 e. The molecule has 0 bridgehead atoms. The van der Waals surface area contributed by atoms with E-state index in [0.717, 1.165) is 18.3 Å². The van der Waals surface area contributed by atoms with Crippen LogP contribution in [0.1, 0.15) is 51.9 Å². The molecule has 0 atom stereocenters. The number of esters is 1. The number of hydrogen-bond acceptors (Lipinski definition) is 2. The van der Waals surface area contributed by atoms with E-state index in [1.165, 1.54) is 44.6 Å². The highest BCUT2D eigenvalue weighted by Crippen LogP contribution is 2.31. The molecule has 16 heavy (non-hydrogen) atoms. The lowest BCUT2D eigenvalue weighted by Crippen LogP contribution is -2.12. The van der Waals surface area contributed by atoms with Gasteiger partial charge in [-0.05, 0) is 24.7 Å². The molecule has 1 fully saturated rings. The smallest absolute Gasteiger partial charge is 0.330 e. The van der Waals surface area contributed by atoms with E-state index in [4.69, 9.17) is 4.74 Å². The highest BCUT2D eigenvalue weighted by molar-refractivity contribution is 5.81. The fourth-order valence-corrected chi connectivity index (χ4v) is 2.38. The van der Waals surface area contributed by atoms with Crippen LogP contribution in [0.2, 0.25) is 0 Å². The van der Waals surface area contributed by atoms with Gasteiger partial charge >= 0.3 is 5.97 Å². The Balaban J connectivity index is 1.95. The first-order valence-corrected chi connectivity index (χ1v) is 6.51. The molecule has 92 valence electrons. The van der Waals surface area contributed by atoms with E-state index in [1.807, 2.05) is 0 Å². The lowest BCUT2D eigenvalue weighted by atomic mass is 9.81. The van der Waals surface area contributed by atoms with Crippen molar-refractivity contribution in [1.29, 1.82) is 0 Å². The van der Waals surface area contributed by atoms with Crippen LogP contribution >= 0.6 is 0 Å². The van der Waals surface area contributed by atoms with Gasteiger partial charge in [0.2, 0.25) is 0 Å². The van der Waals surface area contributed by atoms with E-state index in [0.29, 0.717) is 6.61 Å². The Labute approximate surface area is 99.1 Å². The van der Waals surface area contributed by atoms with E-state index in [2.05, 4.69) is 13.5 Å². The molecule has 0 aromatic carbocycles. The second-order valence-electron chi connectivity index (χ2n) is 4.99. The standard InChI is InChI=1S/C14H24O2/c1-3-14(15)16-11-5-4-6-13-9-7-12(2)8-10-13/h3,12-13H,1,4-11H2,2H3.